The molecule has 2 aliphatic rings. The molecule has 1 fully saturated rings. The molecule has 2 aliphatic heterocycles. The van der Waals surface area contributed by atoms with Crippen LogP contribution in [0.4, 0.5) is 0 Å². The van der Waals surface area contributed by atoms with Crippen molar-refractivity contribution in [2.75, 3.05) is 0 Å². The molecule has 4 atom stereocenters. The van der Waals surface area contributed by atoms with Crippen LogP contribution in [0.25, 0.3) is 0 Å². The van der Waals surface area contributed by atoms with Crippen molar-refractivity contribution in [2.45, 2.75) is 26.0 Å². The van der Waals surface area contributed by atoms with Gasteiger partial charge in [0.15, 0.2) is 0 Å². The number of hydrogen-bond donors (Lipinski definition) is 1. The van der Waals surface area contributed by atoms with E-state index in [0.717, 1.165) is 0 Å². The molecule has 1 amide bonds. The average Bonchev–Trinajstić information content (AvgIpc) is 2.38. The number of fused-ring (bicyclic) bond motifs is 1. The van der Waals surface area contributed by atoms with Gasteiger partial charge in [-0.15, -0.1) is 0 Å². The normalized spacial score (nSPS) is 33.4. The second-order valence-electron chi connectivity index (χ2n) is 4.16. The number of nitrogens with zero attached hydrogens (tertiary/aromatic N) is 1. The van der Waals surface area contributed by atoms with E-state index in [9.17, 15) is 19.8 Å². The number of aliphatic carboxylic acids is 1. The number of amides is 1. The Morgan fingerprint density at radius 1 is 1.62 bits per heavy atom. The molecule has 0 bridgehead atoms. The number of aliphatic hydroxyl groups excluding tert-OH is 1. The molecule has 2 rings (SSSR count). The molecule has 2 heterocycles. The van der Waals surface area contributed by atoms with Crippen molar-refractivity contribution in [3.8, 4) is 0 Å². The third-order valence-electron chi connectivity index (χ3n) is 3.14. The van der Waals surface area contributed by atoms with Gasteiger partial charge in [0.25, 0.3) is 0 Å². The van der Waals surface area contributed by atoms with E-state index >= 15 is 0 Å². The SMILES string of the molecule is C[C@@H]1C=C(C(=O)[O-])N2C(=O)[C@H]([C@@H](C)O)[C@@H]12.[Na+]. The van der Waals surface area contributed by atoms with Gasteiger partial charge in [0, 0.05) is 0 Å². The summed E-state index contributed by atoms with van der Waals surface area (Å²) in [7, 11) is 0. The Kier molecular flexibility index (Phi) is 3.84. The molecule has 0 aromatic carbocycles. The Morgan fingerprint density at radius 2 is 2.19 bits per heavy atom. The maximum atomic E-state index is 11.6. The van der Waals surface area contributed by atoms with Crippen LogP contribution in [0, 0.1) is 11.8 Å². The molecule has 0 spiro atoms. The number of carbonyl (C=O) groups is 2. The van der Waals surface area contributed by atoms with Crippen molar-refractivity contribution >= 4 is 11.9 Å². The smallest absolute Gasteiger partial charge is 0.543 e. The third-order valence-corrected chi connectivity index (χ3v) is 3.14. The predicted molar refractivity (Wildman–Crippen MR) is 48.1 cm³/mol. The number of β-lactam (4-membered cyclic amide) rings is 1. The van der Waals surface area contributed by atoms with Crippen molar-refractivity contribution in [3.05, 3.63) is 11.8 Å². The van der Waals surface area contributed by atoms with Gasteiger partial charge in [0.05, 0.1) is 29.7 Å². The third kappa shape index (κ3) is 1.72. The first-order valence-corrected chi connectivity index (χ1v) is 4.89. The summed E-state index contributed by atoms with van der Waals surface area (Å²) in [6, 6.07) is -0.217. The standard InChI is InChI=1S/C10H13NO4.Na/c1-4-3-6(10(14)15)11-8(4)7(5(2)12)9(11)13;/h3-5,7-8,12H,1-2H3,(H,14,15);/q;+1/p-1/t4-,5-,7-,8-;/m1./s1. The second-order valence-corrected chi connectivity index (χ2v) is 4.16. The predicted octanol–water partition coefficient (Wildman–Crippen LogP) is -4.52. The van der Waals surface area contributed by atoms with Crippen LogP contribution in [0.2, 0.25) is 0 Å². The minimum absolute atomic E-state index is 0. The van der Waals surface area contributed by atoms with E-state index in [1.54, 1.807) is 6.92 Å². The number of hydrogen-bond acceptors (Lipinski definition) is 4. The molecule has 0 radical (unpaired) electrons. The van der Waals surface area contributed by atoms with Crippen molar-refractivity contribution in [3.63, 3.8) is 0 Å². The molecule has 0 aliphatic carbocycles. The van der Waals surface area contributed by atoms with Crippen LogP contribution in [0.3, 0.4) is 0 Å². The first-order valence-electron chi connectivity index (χ1n) is 4.89. The summed E-state index contributed by atoms with van der Waals surface area (Å²) in [4.78, 5) is 23.5. The topological polar surface area (TPSA) is 80.7 Å². The molecule has 82 valence electrons. The van der Waals surface area contributed by atoms with E-state index in [1.807, 2.05) is 6.92 Å². The average molecular weight is 233 g/mol. The number of carboxylic acids is 1. The Labute approximate surface area is 115 Å². The maximum Gasteiger partial charge on any atom is 1.00 e. The Hall–Kier alpha value is -0.360. The van der Waals surface area contributed by atoms with Gasteiger partial charge >= 0.3 is 29.6 Å². The van der Waals surface area contributed by atoms with Gasteiger partial charge in [-0.2, -0.15) is 0 Å². The Morgan fingerprint density at radius 3 is 2.62 bits per heavy atom. The number of aliphatic hydroxyl groups is 1. The van der Waals surface area contributed by atoms with Crippen molar-refractivity contribution in [2.24, 2.45) is 11.8 Å². The van der Waals surface area contributed by atoms with Crippen molar-refractivity contribution in [1.82, 2.24) is 4.90 Å². The van der Waals surface area contributed by atoms with E-state index in [0.29, 0.717) is 0 Å². The van der Waals surface area contributed by atoms with Gasteiger partial charge in [0.1, 0.15) is 0 Å². The molecule has 5 nitrogen and oxygen atoms in total. The van der Waals surface area contributed by atoms with Gasteiger partial charge in [0.2, 0.25) is 5.91 Å². The fraction of sp³-hybridized carbons (Fsp3) is 0.600. The zero-order valence-electron chi connectivity index (χ0n) is 9.51. The van der Waals surface area contributed by atoms with E-state index in [4.69, 9.17) is 0 Å². The molecule has 16 heavy (non-hydrogen) atoms. The second kappa shape index (κ2) is 4.49. The molecule has 0 aromatic heterocycles. The van der Waals surface area contributed by atoms with Gasteiger partial charge < -0.3 is 19.9 Å². The summed E-state index contributed by atoms with van der Waals surface area (Å²) in [5.41, 5.74) is -0.0607. The minimum atomic E-state index is -1.33. The summed E-state index contributed by atoms with van der Waals surface area (Å²) in [5.74, 6) is -2.18. The number of carboxylic acid groups (broad SMARTS) is 1. The molecule has 0 aromatic rings. The molecule has 1 N–H and O–H groups in total. The van der Waals surface area contributed by atoms with Crippen LogP contribution in [0.15, 0.2) is 11.8 Å². The fourth-order valence-electron chi connectivity index (χ4n) is 2.46. The van der Waals surface area contributed by atoms with Crippen molar-refractivity contribution in [1.29, 1.82) is 0 Å². The van der Waals surface area contributed by atoms with Crippen LogP contribution in [-0.4, -0.2) is 34.0 Å². The number of carbonyl (C=O) groups excluding carboxylic acids is 2. The van der Waals surface area contributed by atoms with E-state index < -0.39 is 18.0 Å². The van der Waals surface area contributed by atoms with Crippen LogP contribution in [-0.2, 0) is 9.59 Å². The Bertz CT molecular complexity index is 366. The van der Waals surface area contributed by atoms with Crippen LogP contribution >= 0.6 is 0 Å². The quantitative estimate of drug-likeness (QED) is 0.385. The van der Waals surface area contributed by atoms with Crippen LogP contribution in [0.1, 0.15) is 13.8 Å². The summed E-state index contributed by atoms with van der Waals surface area (Å²) in [6.45, 7) is 3.37. The summed E-state index contributed by atoms with van der Waals surface area (Å²) in [5, 5.41) is 20.1. The van der Waals surface area contributed by atoms with Gasteiger partial charge in [-0.3, -0.25) is 4.79 Å². The molecule has 0 saturated carbocycles. The minimum Gasteiger partial charge on any atom is -0.543 e. The van der Waals surface area contributed by atoms with Crippen LogP contribution in [0.5, 0.6) is 0 Å². The number of rotatable bonds is 2. The molecule has 6 heteroatoms. The summed E-state index contributed by atoms with van der Waals surface area (Å²) < 4.78 is 0. The van der Waals surface area contributed by atoms with E-state index in [1.165, 1.54) is 11.0 Å². The van der Waals surface area contributed by atoms with E-state index in [-0.39, 0.29) is 53.1 Å². The zero-order chi connectivity index (χ0) is 11.3. The Balaban J connectivity index is 0.00000128. The summed E-state index contributed by atoms with van der Waals surface area (Å²) >= 11 is 0. The van der Waals surface area contributed by atoms with Gasteiger partial charge in [-0.25, -0.2) is 0 Å². The first-order chi connectivity index (χ1) is 6.95. The maximum absolute atomic E-state index is 11.6. The molecule has 0 unspecified atom stereocenters. The molecular formula is C10H12NNaO4. The molecule has 1 saturated heterocycles. The largest absolute Gasteiger partial charge is 1.00 e. The summed E-state index contributed by atoms with van der Waals surface area (Å²) in [6.07, 6.45) is 0.774. The monoisotopic (exact) mass is 233 g/mol. The van der Waals surface area contributed by atoms with Gasteiger partial charge in [-0.05, 0) is 12.8 Å². The van der Waals surface area contributed by atoms with E-state index in [2.05, 4.69) is 0 Å². The zero-order valence-corrected chi connectivity index (χ0v) is 11.5. The van der Waals surface area contributed by atoms with Gasteiger partial charge in [-0.1, -0.05) is 13.0 Å². The fourth-order valence-corrected chi connectivity index (χ4v) is 2.46. The molecular weight excluding hydrogens is 221 g/mol. The van der Waals surface area contributed by atoms with Crippen molar-refractivity contribution < 1.29 is 49.4 Å². The van der Waals surface area contributed by atoms with Crippen LogP contribution < -0.4 is 34.7 Å². The first kappa shape index (κ1) is 13.7.